The van der Waals surface area contributed by atoms with E-state index >= 15 is 0 Å². The summed E-state index contributed by atoms with van der Waals surface area (Å²) in [4.78, 5) is 8.85. The van der Waals surface area contributed by atoms with Crippen LogP contribution in [0.1, 0.15) is 0 Å². The molecule has 0 fully saturated rings. The SMILES string of the molecule is CN(c1ncc[nH]1)c1ccccc1O. The molecular weight excluding hydrogens is 178 g/mol. The van der Waals surface area contributed by atoms with E-state index in [0.29, 0.717) is 5.95 Å². The third-order valence-electron chi connectivity index (χ3n) is 2.04. The molecular formula is C10H11N3O. The highest BCUT2D eigenvalue weighted by atomic mass is 16.3. The highest BCUT2D eigenvalue weighted by molar-refractivity contribution is 5.63. The third-order valence-corrected chi connectivity index (χ3v) is 2.04. The fourth-order valence-electron chi connectivity index (χ4n) is 1.30. The van der Waals surface area contributed by atoms with Gasteiger partial charge < -0.3 is 15.0 Å². The molecule has 1 aromatic carbocycles. The van der Waals surface area contributed by atoms with Crippen LogP contribution in [0.2, 0.25) is 0 Å². The quantitative estimate of drug-likeness (QED) is 0.758. The standard InChI is InChI=1S/C10H11N3O/c1-13(10-11-6-7-12-10)8-4-2-3-5-9(8)14/h2-7,14H,1H3,(H,11,12). The normalized spacial score (nSPS) is 10.1. The van der Waals surface area contributed by atoms with Gasteiger partial charge >= 0.3 is 0 Å². The number of imidazole rings is 1. The molecule has 0 atom stereocenters. The molecule has 2 N–H and O–H groups in total. The first-order valence-electron chi connectivity index (χ1n) is 4.30. The van der Waals surface area contributed by atoms with Crippen molar-refractivity contribution in [1.82, 2.24) is 9.97 Å². The Bertz CT molecular complexity index is 411. The Morgan fingerprint density at radius 2 is 2.14 bits per heavy atom. The Balaban J connectivity index is 2.37. The van der Waals surface area contributed by atoms with Crippen LogP contribution >= 0.6 is 0 Å². The van der Waals surface area contributed by atoms with Crippen molar-refractivity contribution in [3.8, 4) is 5.75 Å². The smallest absolute Gasteiger partial charge is 0.207 e. The van der Waals surface area contributed by atoms with E-state index in [1.807, 2.05) is 19.2 Å². The number of aromatic nitrogens is 2. The van der Waals surface area contributed by atoms with Crippen LogP contribution in [-0.4, -0.2) is 22.1 Å². The second kappa shape index (κ2) is 3.41. The molecule has 72 valence electrons. The minimum atomic E-state index is 0.242. The predicted octanol–water partition coefficient (Wildman–Crippen LogP) is 1.88. The molecule has 0 bridgehead atoms. The molecule has 0 aliphatic heterocycles. The van der Waals surface area contributed by atoms with E-state index in [0.717, 1.165) is 5.69 Å². The molecule has 1 aromatic heterocycles. The summed E-state index contributed by atoms with van der Waals surface area (Å²) < 4.78 is 0. The molecule has 0 unspecified atom stereocenters. The van der Waals surface area contributed by atoms with E-state index in [2.05, 4.69) is 9.97 Å². The van der Waals surface area contributed by atoms with Crippen LogP contribution in [0.5, 0.6) is 5.75 Å². The van der Waals surface area contributed by atoms with Gasteiger partial charge in [-0.25, -0.2) is 4.98 Å². The maximum atomic E-state index is 9.60. The number of hydrogen-bond donors (Lipinski definition) is 2. The summed E-state index contributed by atoms with van der Waals surface area (Å²) in [5, 5.41) is 9.60. The highest BCUT2D eigenvalue weighted by Crippen LogP contribution is 2.28. The van der Waals surface area contributed by atoms with Crippen LogP contribution in [0, 0.1) is 0 Å². The second-order valence-electron chi connectivity index (χ2n) is 2.96. The van der Waals surface area contributed by atoms with Gasteiger partial charge in [-0.2, -0.15) is 0 Å². The highest BCUT2D eigenvalue weighted by Gasteiger charge is 2.08. The number of benzene rings is 1. The Kier molecular flexibility index (Phi) is 2.10. The Hall–Kier alpha value is -1.97. The monoisotopic (exact) mass is 189 g/mol. The minimum Gasteiger partial charge on any atom is -0.506 e. The lowest BCUT2D eigenvalue weighted by Gasteiger charge is -2.16. The van der Waals surface area contributed by atoms with E-state index in [9.17, 15) is 5.11 Å². The molecule has 0 amide bonds. The average Bonchev–Trinajstić information content (AvgIpc) is 2.70. The molecule has 0 saturated carbocycles. The van der Waals surface area contributed by atoms with Gasteiger partial charge in [0.05, 0.1) is 5.69 Å². The van der Waals surface area contributed by atoms with Crippen LogP contribution in [0.15, 0.2) is 36.7 Å². The van der Waals surface area contributed by atoms with E-state index in [4.69, 9.17) is 0 Å². The van der Waals surface area contributed by atoms with Gasteiger partial charge in [0.25, 0.3) is 0 Å². The van der Waals surface area contributed by atoms with Crippen LogP contribution in [0.4, 0.5) is 11.6 Å². The number of aromatic hydroxyl groups is 1. The molecule has 2 aromatic rings. The third kappa shape index (κ3) is 1.42. The van der Waals surface area contributed by atoms with Gasteiger partial charge in [0.15, 0.2) is 0 Å². The molecule has 1 heterocycles. The summed E-state index contributed by atoms with van der Waals surface area (Å²) in [5.74, 6) is 0.943. The zero-order chi connectivity index (χ0) is 9.97. The van der Waals surface area contributed by atoms with Crippen molar-refractivity contribution in [2.45, 2.75) is 0 Å². The lowest BCUT2D eigenvalue weighted by molar-refractivity contribution is 0.476. The maximum Gasteiger partial charge on any atom is 0.207 e. The molecule has 0 aliphatic carbocycles. The zero-order valence-electron chi connectivity index (χ0n) is 7.81. The topological polar surface area (TPSA) is 52.2 Å². The predicted molar refractivity (Wildman–Crippen MR) is 54.8 cm³/mol. The van der Waals surface area contributed by atoms with Crippen LogP contribution in [0.25, 0.3) is 0 Å². The first-order valence-corrected chi connectivity index (χ1v) is 4.30. The summed E-state index contributed by atoms with van der Waals surface area (Å²) in [6.45, 7) is 0. The average molecular weight is 189 g/mol. The molecule has 4 nitrogen and oxygen atoms in total. The van der Waals surface area contributed by atoms with Crippen LogP contribution in [0.3, 0.4) is 0 Å². The van der Waals surface area contributed by atoms with Gasteiger partial charge in [-0.15, -0.1) is 0 Å². The van der Waals surface area contributed by atoms with Crippen molar-refractivity contribution >= 4 is 11.6 Å². The fourth-order valence-corrected chi connectivity index (χ4v) is 1.30. The van der Waals surface area contributed by atoms with E-state index in [1.54, 1.807) is 29.4 Å². The van der Waals surface area contributed by atoms with Crippen molar-refractivity contribution in [2.75, 3.05) is 11.9 Å². The summed E-state index contributed by atoms with van der Waals surface area (Å²) in [5.41, 5.74) is 0.724. The molecule has 14 heavy (non-hydrogen) atoms. The summed E-state index contributed by atoms with van der Waals surface area (Å²) >= 11 is 0. The number of phenols is 1. The summed E-state index contributed by atoms with van der Waals surface area (Å²) in [7, 11) is 1.84. The minimum absolute atomic E-state index is 0.242. The van der Waals surface area contributed by atoms with Gasteiger partial charge in [-0.05, 0) is 12.1 Å². The maximum absolute atomic E-state index is 9.60. The number of aromatic amines is 1. The number of nitrogens with zero attached hydrogens (tertiary/aromatic N) is 2. The first-order chi connectivity index (χ1) is 6.79. The number of phenolic OH excluding ortho intramolecular Hbond substituents is 1. The van der Waals surface area contributed by atoms with Gasteiger partial charge in [-0.1, -0.05) is 12.1 Å². The first kappa shape index (κ1) is 8.62. The van der Waals surface area contributed by atoms with Crippen molar-refractivity contribution < 1.29 is 5.11 Å². The van der Waals surface area contributed by atoms with E-state index in [1.165, 1.54) is 0 Å². The lowest BCUT2D eigenvalue weighted by Crippen LogP contribution is -2.10. The number of para-hydroxylation sites is 2. The molecule has 2 rings (SSSR count). The fraction of sp³-hybridized carbons (Fsp3) is 0.100. The van der Waals surface area contributed by atoms with Gasteiger partial charge in [0.1, 0.15) is 5.75 Å². The van der Waals surface area contributed by atoms with Crippen molar-refractivity contribution in [1.29, 1.82) is 0 Å². The van der Waals surface area contributed by atoms with Gasteiger partial charge in [0, 0.05) is 19.4 Å². The summed E-state index contributed by atoms with van der Waals surface area (Å²) in [6, 6.07) is 7.13. The summed E-state index contributed by atoms with van der Waals surface area (Å²) in [6.07, 6.45) is 3.41. The molecule has 0 spiro atoms. The van der Waals surface area contributed by atoms with Gasteiger partial charge in [0.2, 0.25) is 5.95 Å². The van der Waals surface area contributed by atoms with Crippen LogP contribution < -0.4 is 4.90 Å². The van der Waals surface area contributed by atoms with Crippen molar-refractivity contribution in [3.63, 3.8) is 0 Å². The number of nitrogens with one attached hydrogen (secondary N) is 1. The number of hydrogen-bond acceptors (Lipinski definition) is 3. The Labute approximate surface area is 81.8 Å². The number of anilines is 2. The molecule has 0 aliphatic rings. The number of rotatable bonds is 2. The Morgan fingerprint density at radius 1 is 1.36 bits per heavy atom. The number of H-pyrrole nitrogens is 1. The second-order valence-corrected chi connectivity index (χ2v) is 2.96. The van der Waals surface area contributed by atoms with Gasteiger partial charge in [-0.3, -0.25) is 0 Å². The van der Waals surface area contributed by atoms with Crippen molar-refractivity contribution in [2.24, 2.45) is 0 Å². The van der Waals surface area contributed by atoms with Crippen LogP contribution in [-0.2, 0) is 0 Å². The van der Waals surface area contributed by atoms with E-state index in [-0.39, 0.29) is 5.75 Å². The van der Waals surface area contributed by atoms with Crippen molar-refractivity contribution in [3.05, 3.63) is 36.7 Å². The largest absolute Gasteiger partial charge is 0.506 e. The molecule has 4 heteroatoms. The molecule has 0 saturated heterocycles. The lowest BCUT2D eigenvalue weighted by atomic mass is 10.3. The van der Waals surface area contributed by atoms with E-state index < -0.39 is 0 Å². The zero-order valence-corrected chi connectivity index (χ0v) is 7.81. The Morgan fingerprint density at radius 3 is 2.79 bits per heavy atom. The molecule has 0 radical (unpaired) electrons.